The molecule has 0 radical (unpaired) electrons. The van der Waals surface area contributed by atoms with E-state index in [9.17, 15) is 14.4 Å². The van der Waals surface area contributed by atoms with Gasteiger partial charge < -0.3 is 52.9 Å². The fraction of sp³-hybridized carbons (Fsp3) is 0.298. The van der Waals surface area contributed by atoms with Crippen molar-refractivity contribution < 1.29 is 42.7 Å². The van der Waals surface area contributed by atoms with Gasteiger partial charge in [0.2, 0.25) is 13.6 Å². The van der Waals surface area contributed by atoms with E-state index < -0.39 is 0 Å². The minimum absolute atomic E-state index is 0. The zero-order valence-electron chi connectivity index (χ0n) is 36.1. The molecule has 2 aliphatic rings. The van der Waals surface area contributed by atoms with Gasteiger partial charge in [-0.05, 0) is 58.9 Å². The maximum Gasteiger partial charge on any atom is 0.231 e. The maximum absolute atomic E-state index is 13.7. The summed E-state index contributed by atoms with van der Waals surface area (Å²) in [7, 11) is 13.9. The van der Waals surface area contributed by atoms with Gasteiger partial charge in [-0.15, -0.1) is 0 Å². The molecule has 0 saturated heterocycles. The van der Waals surface area contributed by atoms with Crippen LogP contribution < -0.4 is 54.1 Å². The van der Waals surface area contributed by atoms with Crippen LogP contribution in [-0.2, 0) is 17.6 Å². The summed E-state index contributed by atoms with van der Waals surface area (Å²) < 4.78 is 47.5. The lowest BCUT2D eigenvalue weighted by atomic mass is 10.0. The van der Waals surface area contributed by atoms with E-state index >= 15 is 0 Å². The van der Waals surface area contributed by atoms with Crippen molar-refractivity contribution in [3.63, 3.8) is 0 Å². The predicted octanol–water partition coefficient (Wildman–Crippen LogP) is 5.81. The van der Waals surface area contributed by atoms with E-state index in [0.29, 0.717) is 96.2 Å². The molecule has 0 fully saturated rings. The third kappa shape index (κ3) is 7.72. The summed E-state index contributed by atoms with van der Waals surface area (Å²) in [4.78, 5) is 49.7. The number of methoxy groups -OCH3 is 4. The molecule has 0 bridgehead atoms. The second-order valence-corrected chi connectivity index (χ2v) is 14.9. The van der Waals surface area contributed by atoms with Crippen molar-refractivity contribution in [1.29, 1.82) is 0 Å². The molecule has 0 aliphatic carbocycles. The number of likely N-dealkylation sites (N-methyl/N-ethyl adjacent to an activating group) is 1. The highest BCUT2D eigenvalue weighted by molar-refractivity contribution is 6.02. The monoisotopic (exact) mass is 874 g/mol. The molecule has 64 heavy (non-hydrogen) atoms. The molecule has 17 heteroatoms. The fourth-order valence-corrected chi connectivity index (χ4v) is 7.93. The fourth-order valence-electron chi connectivity index (χ4n) is 7.93. The summed E-state index contributed by atoms with van der Waals surface area (Å²) in [6.45, 7) is 1.04. The largest absolute Gasteiger partial charge is 0.493 e. The number of rotatable bonds is 9. The van der Waals surface area contributed by atoms with E-state index in [1.807, 2.05) is 50.8 Å². The third-order valence-corrected chi connectivity index (χ3v) is 10.8. The van der Waals surface area contributed by atoms with Crippen LogP contribution in [0.4, 0.5) is 0 Å². The molecular weight excluding hydrogens is 825 g/mol. The molecule has 0 saturated carbocycles. The lowest BCUT2D eigenvalue weighted by molar-refractivity contribution is -0.107. The van der Waals surface area contributed by atoms with Crippen molar-refractivity contribution in [3.8, 4) is 46.0 Å². The zero-order chi connectivity index (χ0) is 44.5. The van der Waals surface area contributed by atoms with Gasteiger partial charge in [0.05, 0.1) is 72.3 Å². The van der Waals surface area contributed by atoms with Crippen LogP contribution in [0.1, 0.15) is 18.6 Å². The number of ether oxygens (including phenoxy) is 8. The number of aromatic nitrogens is 4. The van der Waals surface area contributed by atoms with Crippen molar-refractivity contribution in [3.05, 3.63) is 92.8 Å². The molecule has 0 atom stereocenters. The molecule has 6 heterocycles. The molecule has 4 aromatic heterocycles. The Hall–Kier alpha value is -7.37. The highest BCUT2D eigenvalue weighted by atomic mass is 16.7. The molecule has 0 unspecified atom stereocenters. The number of benzene rings is 4. The normalized spacial score (nSPS) is 12.3. The number of nitrogens with one attached hydrogen (secondary N) is 1. The van der Waals surface area contributed by atoms with Crippen molar-refractivity contribution in [1.82, 2.24) is 29.0 Å². The van der Waals surface area contributed by atoms with E-state index in [1.165, 1.54) is 14.2 Å². The van der Waals surface area contributed by atoms with Crippen LogP contribution in [0.15, 0.2) is 70.8 Å². The smallest absolute Gasteiger partial charge is 0.231 e. The number of aldehydes is 1. The van der Waals surface area contributed by atoms with Crippen LogP contribution >= 0.6 is 0 Å². The van der Waals surface area contributed by atoms with Crippen molar-refractivity contribution >= 4 is 60.9 Å². The van der Waals surface area contributed by atoms with Crippen LogP contribution in [0.3, 0.4) is 0 Å². The molecule has 17 nitrogen and oxygen atoms in total. The van der Waals surface area contributed by atoms with Gasteiger partial charge >= 0.3 is 0 Å². The topological polar surface area (TPSA) is 175 Å². The molecule has 8 aromatic rings. The summed E-state index contributed by atoms with van der Waals surface area (Å²) in [5.74, 6) is 4.48. The molecular formula is C47H50N6O11. The Labute approximate surface area is 367 Å². The van der Waals surface area contributed by atoms with Gasteiger partial charge in [0.15, 0.2) is 56.9 Å². The number of carbonyl (C=O) groups is 1. The van der Waals surface area contributed by atoms with Gasteiger partial charge in [-0.2, -0.15) is 0 Å². The summed E-state index contributed by atoms with van der Waals surface area (Å²) in [6.07, 6.45) is 4.66. The van der Waals surface area contributed by atoms with Crippen molar-refractivity contribution in [2.45, 2.75) is 20.3 Å². The Balaban J connectivity index is 0.000000178. The number of fused-ring (bicyclic) bond motifs is 12. The van der Waals surface area contributed by atoms with Gasteiger partial charge in [-0.3, -0.25) is 18.4 Å². The molecule has 0 spiro atoms. The number of pyridine rings is 2. The lowest BCUT2D eigenvalue weighted by Gasteiger charge is -2.17. The van der Waals surface area contributed by atoms with Crippen LogP contribution in [0, 0.1) is 0 Å². The SMILES string of the molecule is C.CNC.COc1cc2c(=O)c(CC=O)c3c4cc5c(cc4ncn3c2cc1OC)OCO5.COc1cc2c(=O)c(CCN(C)C)c3c4cc5c(cc4ncn3c2cc1OC)OCO5. The average molecular weight is 875 g/mol. The third-order valence-electron chi connectivity index (χ3n) is 10.8. The first-order valence-electron chi connectivity index (χ1n) is 19.9. The minimum atomic E-state index is -0.238. The summed E-state index contributed by atoms with van der Waals surface area (Å²) in [6, 6.07) is 14.2. The quantitative estimate of drug-likeness (QED) is 0.136. The van der Waals surface area contributed by atoms with E-state index in [0.717, 1.165) is 34.8 Å². The van der Waals surface area contributed by atoms with Crippen molar-refractivity contribution in [2.24, 2.45) is 0 Å². The van der Waals surface area contributed by atoms with Gasteiger partial charge in [-0.1, -0.05) is 7.43 Å². The Morgan fingerprint density at radius 3 is 1.42 bits per heavy atom. The predicted molar refractivity (Wildman–Crippen MR) is 245 cm³/mol. The van der Waals surface area contributed by atoms with E-state index in [1.54, 1.807) is 61.6 Å². The van der Waals surface area contributed by atoms with Gasteiger partial charge in [-0.25, -0.2) is 9.97 Å². The second kappa shape index (κ2) is 18.5. The molecule has 4 aromatic carbocycles. The Kier molecular flexibility index (Phi) is 12.9. The second-order valence-electron chi connectivity index (χ2n) is 14.9. The van der Waals surface area contributed by atoms with Gasteiger partial charge in [0.25, 0.3) is 0 Å². The number of carbonyl (C=O) groups excluding carboxylic acids is 1. The standard InChI is InChI=1S/C23H23N3O5.C21H16N2O6.C2H7N.CH4/c1-25(2)6-5-13-22-14-7-20-21(31-12-30-20)9-16(14)24-11-26(22)17-10-19(29-4)18(28-3)8-15(17)23(13)27;1-26-16-6-13-15(8-17(16)27-2)23-9-22-14-7-19-18(28-10-29-19)5-12(14)20(23)11(3-4-24)21(13)25;1-3-2;/h7-11H,5-6,12H2,1-4H3;4-9H,3,10H2,1-2H3;3H,1-2H3;1H4. The first-order valence-corrected chi connectivity index (χ1v) is 19.9. The van der Waals surface area contributed by atoms with Gasteiger partial charge in [0.1, 0.15) is 18.9 Å². The van der Waals surface area contributed by atoms with E-state index in [4.69, 9.17) is 37.9 Å². The van der Waals surface area contributed by atoms with Crippen LogP contribution in [0.5, 0.6) is 46.0 Å². The Bertz CT molecular complexity index is 3220. The summed E-state index contributed by atoms with van der Waals surface area (Å²) in [5, 5.41) is 5.27. The molecule has 1 N–H and O–H groups in total. The Morgan fingerprint density at radius 2 is 1.02 bits per heavy atom. The van der Waals surface area contributed by atoms with Crippen LogP contribution in [0.25, 0.3) is 54.6 Å². The maximum atomic E-state index is 13.7. The van der Waals surface area contributed by atoms with Crippen LogP contribution in [-0.4, -0.2) is 107 Å². The number of nitrogens with zero attached hydrogens (tertiary/aromatic N) is 5. The number of hydrogen-bond donors (Lipinski definition) is 1. The molecule has 10 rings (SSSR count). The molecule has 2 aliphatic heterocycles. The average Bonchev–Trinajstić information content (AvgIpc) is 3.97. The minimum Gasteiger partial charge on any atom is -0.493 e. The molecule has 334 valence electrons. The highest BCUT2D eigenvalue weighted by Gasteiger charge is 2.23. The molecule has 0 amide bonds. The summed E-state index contributed by atoms with van der Waals surface area (Å²) in [5.41, 5.74) is 4.95. The van der Waals surface area contributed by atoms with Gasteiger partial charge in [0, 0.05) is 59.1 Å². The van der Waals surface area contributed by atoms with E-state index in [-0.39, 0.29) is 38.3 Å². The van der Waals surface area contributed by atoms with Crippen LogP contribution in [0.2, 0.25) is 0 Å². The Morgan fingerprint density at radius 1 is 0.625 bits per heavy atom. The number of hydrogen-bond acceptors (Lipinski definition) is 15. The van der Waals surface area contributed by atoms with Crippen molar-refractivity contribution in [2.75, 3.05) is 76.8 Å². The highest BCUT2D eigenvalue weighted by Crippen LogP contribution is 2.40. The lowest BCUT2D eigenvalue weighted by Crippen LogP contribution is -2.21. The summed E-state index contributed by atoms with van der Waals surface area (Å²) >= 11 is 0. The van der Waals surface area contributed by atoms with E-state index in [2.05, 4.69) is 20.2 Å². The zero-order valence-corrected chi connectivity index (χ0v) is 36.1. The first-order chi connectivity index (χ1) is 30.6. The first kappa shape index (κ1) is 44.7.